The maximum Gasteiger partial charge on any atom is 0.243 e. The quantitative estimate of drug-likeness (QED) is 0.800. The summed E-state index contributed by atoms with van der Waals surface area (Å²) >= 11 is 0. The molecule has 0 aliphatic heterocycles. The lowest BCUT2D eigenvalue weighted by Crippen LogP contribution is -2.63. The van der Waals surface area contributed by atoms with Crippen molar-refractivity contribution in [3.05, 3.63) is 29.8 Å². The van der Waals surface area contributed by atoms with Crippen LogP contribution in [-0.4, -0.2) is 18.4 Å². The number of carbonyl (C=O) groups is 2. The summed E-state index contributed by atoms with van der Waals surface area (Å²) < 4.78 is 26.7. The second kappa shape index (κ2) is 6.01. The van der Waals surface area contributed by atoms with Crippen molar-refractivity contribution >= 4 is 17.5 Å². The maximum absolute atomic E-state index is 13.7. The Balaban J connectivity index is 1.43. The summed E-state index contributed by atoms with van der Waals surface area (Å²) in [6, 6.07) is 2.96. The molecule has 28 heavy (non-hydrogen) atoms. The number of carbonyl (C=O) groups excluding carboxylic acids is 2. The first-order valence-electron chi connectivity index (χ1n) is 9.97. The van der Waals surface area contributed by atoms with E-state index in [2.05, 4.69) is 31.4 Å². The van der Waals surface area contributed by atoms with Gasteiger partial charge in [0.2, 0.25) is 11.8 Å². The van der Waals surface area contributed by atoms with Gasteiger partial charge in [-0.1, -0.05) is 20.8 Å². The summed E-state index contributed by atoms with van der Waals surface area (Å²) in [7, 11) is 0. The third kappa shape index (κ3) is 3.31. The fourth-order valence-corrected chi connectivity index (χ4v) is 7.67. The zero-order valence-electron chi connectivity index (χ0n) is 16.8. The highest BCUT2D eigenvalue weighted by atomic mass is 19.1. The number of rotatable bonds is 4. The van der Waals surface area contributed by atoms with Crippen LogP contribution in [0.3, 0.4) is 0 Å². The van der Waals surface area contributed by atoms with E-state index in [1.54, 1.807) is 0 Å². The molecule has 0 spiro atoms. The normalized spacial score (nSPS) is 38.3. The third-order valence-electron chi connectivity index (χ3n) is 6.95. The van der Waals surface area contributed by atoms with Crippen LogP contribution >= 0.6 is 0 Å². The standard InChI is InChI=1S/C22H28F2N2O2/c1-19-8-20(2)10-21(3,9-19)13-22(11-19,12-20)18(28)25-7-17(27)26-16-5-4-14(23)6-15(16)24/h4-6H,7-13H2,1-3H3,(H,25,28)(H,26,27). The molecule has 4 fully saturated rings. The van der Waals surface area contributed by atoms with Crippen molar-refractivity contribution in [1.29, 1.82) is 0 Å². The summed E-state index contributed by atoms with van der Waals surface area (Å²) in [5.74, 6) is -2.13. The first-order chi connectivity index (χ1) is 12.9. The number of benzene rings is 1. The van der Waals surface area contributed by atoms with Crippen molar-refractivity contribution < 1.29 is 18.4 Å². The van der Waals surface area contributed by atoms with Gasteiger partial charge in [-0.15, -0.1) is 0 Å². The Morgan fingerprint density at radius 1 is 0.929 bits per heavy atom. The van der Waals surface area contributed by atoms with Gasteiger partial charge in [-0.05, 0) is 66.9 Å². The van der Waals surface area contributed by atoms with E-state index in [1.165, 1.54) is 6.07 Å². The van der Waals surface area contributed by atoms with Crippen molar-refractivity contribution in [1.82, 2.24) is 5.32 Å². The highest BCUT2D eigenvalue weighted by Crippen LogP contribution is 2.73. The third-order valence-corrected chi connectivity index (χ3v) is 6.95. The predicted octanol–water partition coefficient (Wildman–Crippen LogP) is 4.41. The molecule has 4 aliphatic carbocycles. The van der Waals surface area contributed by atoms with Gasteiger partial charge < -0.3 is 10.6 Å². The molecule has 0 atom stereocenters. The molecular formula is C22H28F2N2O2. The van der Waals surface area contributed by atoms with Crippen molar-refractivity contribution in [3.8, 4) is 0 Å². The second-order valence-corrected chi connectivity index (χ2v) is 10.6. The van der Waals surface area contributed by atoms with E-state index in [-0.39, 0.29) is 34.4 Å². The smallest absolute Gasteiger partial charge is 0.243 e. The molecule has 1 aromatic rings. The van der Waals surface area contributed by atoms with Gasteiger partial charge in [-0.25, -0.2) is 8.78 Å². The largest absolute Gasteiger partial charge is 0.347 e. The number of anilines is 1. The zero-order valence-corrected chi connectivity index (χ0v) is 16.8. The fourth-order valence-electron chi connectivity index (χ4n) is 7.67. The summed E-state index contributed by atoms with van der Waals surface area (Å²) in [6.07, 6.45) is 6.08. The molecule has 5 rings (SSSR count). The lowest BCUT2D eigenvalue weighted by atomic mass is 9.36. The Kier molecular flexibility index (Phi) is 4.15. The number of amides is 2. The maximum atomic E-state index is 13.7. The average Bonchev–Trinajstić information content (AvgIpc) is 2.50. The van der Waals surface area contributed by atoms with Gasteiger partial charge in [0.1, 0.15) is 11.6 Å². The molecule has 4 aliphatic rings. The number of hydrogen-bond donors (Lipinski definition) is 2. The first kappa shape index (κ1) is 19.3. The Hall–Kier alpha value is -1.98. The van der Waals surface area contributed by atoms with E-state index in [0.717, 1.165) is 44.6 Å². The van der Waals surface area contributed by atoms with Crippen molar-refractivity contribution in [2.75, 3.05) is 11.9 Å². The summed E-state index contributed by atoms with van der Waals surface area (Å²) in [4.78, 5) is 25.4. The highest BCUT2D eigenvalue weighted by molar-refractivity contribution is 5.95. The van der Waals surface area contributed by atoms with E-state index >= 15 is 0 Å². The molecule has 0 aromatic heterocycles. The molecular weight excluding hydrogens is 362 g/mol. The van der Waals surface area contributed by atoms with Gasteiger partial charge in [0.15, 0.2) is 0 Å². The molecule has 2 amide bonds. The summed E-state index contributed by atoms with van der Waals surface area (Å²) in [5.41, 5.74) is 0.0104. The molecule has 0 saturated heterocycles. The van der Waals surface area contributed by atoms with Crippen LogP contribution in [-0.2, 0) is 9.59 Å². The topological polar surface area (TPSA) is 58.2 Å². The zero-order chi connectivity index (χ0) is 20.4. The molecule has 152 valence electrons. The van der Waals surface area contributed by atoms with Crippen LogP contribution in [0, 0.1) is 33.3 Å². The average molecular weight is 390 g/mol. The second-order valence-electron chi connectivity index (χ2n) is 10.6. The first-order valence-corrected chi connectivity index (χ1v) is 9.97. The minimum atomic E-state index is -0.838. The van der Waals surface area contributed by atoms with E-state index in [1.807, 2.05) is 0 Å². The fraction of sp³-hybridized carbons (Fsp3) is 0.636. The minimum absolute atomic E-state index is 0.0648. The molecule has 0 unspecified atom stereocenters. The molecule has 2 N–H and O–H groups in total. The van der Waals surface area contributed by atoms with E-state index in [0.29, 0.717) is 6.07 Å². The molecule has 4 saturated carbocycles. The van der Waals surface area contributed by atoms with Gasteiger partial charge in [-0.2, -0.15) is 0 Å². The van der Waals surface area contributed by atoms with E-state index < -0.39 is 23.0 Å². The van der Waals surface area contributed by atoms with Crippen LogP contribution in [0.2, 0.25) is 0 Å². The van der Waals surface area contributed by atoms with Crippen molar-refractivity contribution in [3.63, 3.8) is 0 Å². The minimum Gasteiger partial charge on any atom is -0.347 e. The van der Waals surface area contributed by atoms with Gasteiger partial charge in [-0.3, -0.25) is 9.59 Å². The Morgan fingerprint density at radius 2 is 1.46 bits per heavy atom. The lowest BCUT2D eigenvalue weighted by molar-refractivity contribution is -0.191. The van der Waals surface area contributed by atoms with Gasteiger partial charge in [0, 0.05) is 6.07 Å². The predicted molar refractivity (Wildman–Crippen MR) is 102 cm³/mol. The monoisotopic (exact) mass is 390 g/mol. The van der Waals surface area contributed by atoms with Gasteiger partial charge in [0.05, 0.1) is 17.6 Å². The molecule has 0 heterocycles. The SMILES string of the molecule is CC12CC3(C)CC(C)(C1)CC(C(=O)NCC(=O)Nc1ccc(F)cc1F)(C2)C3. The number of halogens is 2. The molecule has 6 heteroatoms. The van der Waals surface area contributed by atoms with E-state index in [9.17, 15) is 18.4 Å². The molecule has 4 nitrogen and oxygen atoms in total. The Morgan fingerprint density at radius 3 is 1.96 bits per heavy atom. The Labute approximate surface area is 164 Å². The summed E-state index contributed by atoms with van der Waals surface area (Å²) in [5, 5.41) is 5.19. The number of nitrogens with one attached hydrogen (secondary N) is 2. The molecule has 0 radical (unpaired) electrons. The van der Waals surface area contributed by atoms with Crippen molar-refractivity contribution in [2.45, 2.75) is 59.3 Å². The highest BCUT2D eigenvalue weighted by Gasteiger charge is 2.66. The summed E-state index contributed by atoms with van der Waals surface area (Å²) in [6.45, 7) is 6.68. The number of hydrogen-bond acceptors (Lipinski definition) is 2. The van der Waals surface area contributed by atoms with E-state index in [4.69, 9.17) is 0 Å². The van der Waals surface area contributed by atoms with Crippen LogP contribution in [0.1, 0.15) is 59.3 Å². The Bertz CT molecular complexity index is 799. The van der Waals surface area contributed by atoms with Crippen LogP contribution < -0.4 is 10.6 Å². The molecule has 1 aromatic carbocycles. The van der Waals surface area contributed by atoms with Crippen LogP contribution in [0.25, 0.3) is 0 Å². The van der Waals surface area contributed by atoms with Crippen LogP contribution in [0.15, 0.2) is 18.2 Å². The van der Waals surface area contributed by atoms with Gasteiger partial charge >= 0.3 is 0 Å². The van der Waals surface area contributed by atoms with Gasteiger partial charge in [0.25, 0.3) is 0 Å². The van der Waals surface area contributed by atoms with Crippen molar-refractivity contribution in [2.24, 2.45) is 21.7 Å². The van der Waals surface area contributed by atoms with Crippen LogP contribution in [0.5, 0.6) is 0 Å². The molecule has 4 bridgehead atoms. The lowest BCUT2D eigenvalue weighted by Gasteiger charge is -2.68. The van der Waals surface area contributed by atoms with Crippen LogP contribution in [0.4, 0.5) is 14.5 Å².